The van der Waals surface area contributed by atoms with E-state index in [4.69, 9.17) is 4.74 Å². The first-order valence-corrected chi connectivity index (χ1v) is 7.90. The van der Waals surface area contributed by atoms with Gasteiger partial charge in [-0.3, -0.25) is 9.48 Å². The fraction of sp³-hybridized carbons (Fsp3) is 0.353. The van der Waals surface area contributed by atoms with E-state index in [1.54, 1.807) is 28.6 Å². The van der Waals surface area contributed by atoms with E-state index in [0.717, 1.165) is 10.9 Å². The molecular formula is C17H21N5O2. The molecule has 7 heteroatoms. The minimum absolute atomic E-state index is 0.159. The summed E-state index contributed by atoms with van der Waals surface area (Å²) in [5.41, 5.74) is 0.956. The van der Waals surface area contributed by atoms with Crippen LogP contribution in [-0.4, -0.2) is 31.6 Å². The summed E-state index contributed by atoms with van der Waals surface area (Å²) in [6, 6.07) is 9.67. The molecule has 0 spiro atoms. The Morgan fingerprint density at radius 1 is 1.21 bits per heavy atom. The highest BCUT2D eigenvalue weighted by atomic mass is 16.5. The summed E-state index contributed by atoms with van der Waals surface area (Å²) in [4.78, 5) is 12.4. The predicted molar refractivity (Wildman–Crippen MR) is 92.0 cm³/mol. The lowest BCUT2D eigenvalue weighted by Crippen LogP contribution is -2.31. The number of anilines is 1. The number of fused-ring (bicyclic) bond motifs is 1. The number of carbonyl (C=O) groups excluding carboxylic acids is 1. The molecule has 0 saturated carbocycles. The van der Waals surface area contributed by atoms with Crippen molar-refractivity contribution in [2.75, 3.05) is 5.32 Å². The van der Waals surface area contributed by atoms with Crippen LogP contribution in [0.25, 0.3) is 10.9 Å². The molecule has 0 aliphatic rings. The molecule has 126 valence electrons. The summed E-state index contributed by atoms with van der Waals surface area (Å²) in [6.45, 7) is 5.71. The third kappa shape index (κ3) is 2.97. The number of rotatable bonds is 5. The van der Waals surface area contributed by atoms with Gasteiger partial charge in [0, 0.05) is 19.2 Å². The van der Waals surface area contributed by atoms with Gasteiger partial charge in [0.2, 0.25) is 5.88 Å². The molecule has 1 aromatic carbocycles. The number of aryl methyl sites for hydroxylation is 1. The Labute approximate surface area is 140 Å². The van der Waals surface area contributed by atoms with Crippen molar-refractivity contribution in [1.29, 1.82) is 0 Å². The van der Waals surface area contributed by atoms with Crippen LogP contribution >= 0.6 is 0 Å². The van der Waals surface area contributed by atoms with Crippen molar-refractivity contribution in [2.45, 2.75) is 32.9 Å². The molecule has 0 aliphatic carbocycles. The zero-order valence-corrected chi connectivity index (χ0v) is 14.2. The van der Waals surface area contributed by atoms with E-state index >= 15 is 0 Å². The molecular weight excluding hydrogens is 306 g/mol. The maximum Gasteiger partial charge on any atom is 0.266 e. The second kappa shape index (κ2) is 6.35. The number of amides is 1. The van der Waals surface area contributed by atoms with E-state index in [-0.39, 0.29) is 11.9 Å². The van der Waals surface area contributed by atoms with Gasteiger partial charge in [-0.2, -0.15) is 5.10 Å². The normalized spacial score (nSPS) is 12.5. The van der Waals surface area contributed by atoms with E-state index in [1.165, 1.54) is 0 Å². The van der Waals surface area contributed by atoms with Gasteiger partial charge in [0.25, 0.3) is 5.91 Å². The first-order valence-electron chi connectivity index (χ1n) is 7.90. The molecule has 0 aliphatic heterocycles. The Morgan fingerprint density at radius 3 is 2.71 bits per heavy atom. The highest BCUT2D eigenvalue weighted by molar-refractivity contribution is 5.94. The number of benzene rings is 1. The molecule has 0 unspecified atom stereocenters. The Hall–Kier alpha value is -2.83. The fourth-order valence-electron chi connectivity index (χ4n) is 2.54. The van der Waals surface area contributed by atoms with Gasteiger partial charge in [-0.05, 0) is 32.9 Å². The van der Waals surface area contributed by atoms with Gasteiger partial charge in [-0.15, -0.1) is 5.10 Å². The lowest BCUT2D eigenvalue weighted by Gasteiger charge is -2.15. The zero-order chi connectivity index (χ0) is 17.3. The number of nitrogens with one attached hydrogen (secondary N) is 1. The summed E-state index contributed by atoms with van der Waals surface area (Å²) in [5.74, 6) is 0.858. The molecule has 3 rings (SSSR count). The quantitative estimate of drug-likeness (QED) is 0.782. The van der Waals surface area contributed by atoms with Crippen molar-refractivity contribution in [3.8, 4) is 5.88 Å². The van der Waals surface area contributed by atoms with Crippen molar-refractivity contribution >= 4 is 22.6 Å². The standard InChI is InChI=1S/C17H21N5O2/c1-11(2)22-15(9-10-18-22)19-16(23)12(3)24-17-13-7-5-6-8-14(13)21(4)20-17/h5-12H,1-4H3,(H,19,23)/t12-/m0/s1. The first-order chi connectivity index (χ1) is 11.5. The van der Waals surface area contributed by atoms with Crippen molar-refractivity contribution in [3.05, 3.63) is 36.5 Å². The van der Waals surface area contributed by atoms with Gasteiger partial charge < -0.3 is 10.1 Å². The average molecular weight is 327 g/mol. The number of ether oxygens (including phenoxy) is 1. The number of aromatic nitrogens is 4. The largest absolute Gasteiger partial charge is 0.463 e. The Bertz CT molecular complexity index is 865. The van der Waals surface area contributed by atoms with Gasteiger partial charge in [-0.25, -0.2) is 4.68 Å². The molecule has 0 fully saturated rings. The fourth-order valence-corrected chi connectivity index (χ4v) is 2.54. The van der Waals surface area contributed by atoms with Gasteiger partial charge in [0.15, 0.2) is 6.10 Å². The van der Waals surface area contributed by atoms with Crippen molar-refractivity contribution in [2.24, 2.45) is 7.05 Å². The first kappa shape index (κ1) is 16.0. The van der Waals surface area contributed by atoms with Crippen molar-refractivity contribution in [3.63, 3.8) is 0 Å². The topological polar surface area (TPSA) is 74.0 Å². The molecule has 1 amide bonds. The molecule has 3 aromatic rings. The van der Waals surface area contributed by atoms with Gasteiger partial charge in [0.05, 0.1) is 17.1 Å². The monoisotopic (exact) mass is 327 g/mol. The minimum atomic E-state index is -0.682. The highest BCUT2D eigenvalue weighted by Gasteiger charge is 2.20. The number of hydrogen-bond acceptors (Lipinski definition) is 4. The van der Waals surface area contributed by atoms with Gasteiger partial charge in [0.1, 0.15) is 5.82 Å². The summed E-state index contributed by atoms with van der Waals surface area (Å²) in [5, 5.41) is 12.3. The molecule has 0 radical (unpaired) electrons. The van der Waals surface area contributed by atoms with Crippen LogP contribution in [0.2, 0.25) is 0 Å². The molecule has 7 nitrogen and oxygen atoms in total. The summed E-state index contributed by atoms with van der Waals surface area (Å²) in [7, 11) is 1.85. The number of hydrogen-bond donors (Lipinski definition) is 1. The van der Waals surface area contributed by atoms with Crippen LogP contribution in [0.5, 0.6) is 5.88 Å². The Kier molecular flexibility index (Phi) is 4.24. The van der Waals surface area contributed by atoms with E-state index in [9.17, 15) is 4.79 Å². The van der Waals surface area contributed by atoms with E-state index in [0.29, 0.717) is 11.7 Å². The molecule has 1 N–H and O–H groups in total. The maximum atomic E-state index is 12.4. The SMILES string of the molecule is CC(C)n1nccc1NC(=O)[C@H](C)Oc1nn(C)c2ccccc12. The van der Waals surface area contributed by atoms with E-state index in [2.05, 4.69) is 15.5 Å². The highest BCUT2D eigenvalue weighted by Crippen LogP contribution is 2.25. The minimum Gasteiger partial charge on any atom is -0.463 e. The second-order valence-corrected chi connectivity index (χ2v) is 5.95. The third-order valence-corrected chi connectivity index (χ3v) is 3.79. The summed E-state index contributed by atoms with van der Waals surface area (Å²) in [6.07, 6.45) is 0.978. The molecule has 24 heavy (non-hydrogen) atoms. The van der Waals surface area contributed by atoms with E-state index < -0.39 is 6.10 Å². The Morgan fingerprint density at radius 2 is 1.96 bits per heavy atom. The van der Waals surface area contributed by atoms with E-state index in [1.807, 2.05) is 45.2 Å². The lowest BCUT2D eigenvalue weighted by molar-refractivity contribution is -0.122. The van der Waals surface area contributed by atoms with Crippen molar-refractivity contribution in [1.82, 2.24) is 19.6 Å². The molecule has 2 aromatic heterocycles. The average Bonchev–Trinajstić information content (AvgIpc) is 3.13. The predicted octanol–water partition coefficient (Wildman–Crippen LogP) is 2.76. The molecule has 0 saturated heterocycles. The van der Waals surface area contributed by atoms with Crippen LogP contribution in [0.15, 0.2) is 36.5 Å². The smallest absolute Gasteiger partial charge is 0.266 e. The molecule has 2 heterocycles. The summed E-state index contributed by atoms with van der Waals surface area (Å²) >= 11 is 0. The van der Waals surface area contributed by atoms with Crippen LogP contribution in [-0.2, 0) is 11.8 Å². The lowest BCUT2D eigenvalue weighted by atomic mass is 10.2. The van der Waals surface area contributed by atoms with Gasteiger partial charge >= 0.3 is 0 Å². The molecule has 1 atom stereocenters. The van der Waals surface area contributed by atoms with Crippen molar-refractivity contribution < 1.29 is 9.53 Å². The Balaban J connectivity index is 1.75. The third-order valence-electron chi connectivity index (χ3n) is 3.79. The number of para-hydroxylation sites is 1. The second-order valence-electron chi connectivity index (χ2n) is 5.95. The zero-order valence-electron chi connectivity index (χ0n) is 14.2. The van der Waals surface area contributed by atoms with Gasteiger partial charge in [-0.1, -0.05) is 12.1 Å². The van der Waals surface area contributed by atoms with Crippen LogP contribution in [0.1, 0.15) is 26.8 Å². The molecule has 0 bridgehead atoms. The maximum absolute atomic E-state index is 12.4. The van der Waals surface area contributed by atoms with Crippen LogP contribution in [0.3, 0.4) is 0 Å². The number of nitrogens with zero attached hydrogens (tertiary/aromatic N) is 4. The summed E-state index contributed by atoms with van der Waals surface area (Å²) < 4.78 is 9.28. The number of carbonyl (C=O) groups is 1. The van der Waals surface area contributed by atoms with Crippen LogP contribution < -0.4 is 10.1 Å². The van der Waals surface area contributed by atoms with Crippen LogP contribution in [0, 0.1) is 0 Å². The van der Waals surface area contributed by atoms with Crippen LogP contribution in [0.4, 0.5) is 5.82 Å².